The molecule has 0 radical (unpaired) electrons. The summed E-state index contributed by atoms with van der Waals surface area (Å²) in [6, 6.07) is 11.4. The first-order valence-electron chi connectivity index (χ1n) is 8.76. The van der Waals surface area contributed by atoms with Crippen LogP contribution in [0.25, 0.3) is 5.69 Å². The van der Waals surface area contributed by atoms with Gasteiger partial charge in [-0.05, 0) is 35.9 Å². The summed E-state index contributed by atoms with van der Waals surface area (Å²) in [6.07, 6.45) is 1.76. The number of benzene rings is 2. The van der Waals surface area contributed by atoms with Gasteiger partial charge in [-0.25, -0.2) is 9.37 Å². The number of ether oxygens (including phenoxy) is 1. The molecule has 29 heavy (non-hydrogen) atoms. The number of nitrogens with one attached hydrogen (secondary N) is 1. The van der Waals surface area contributed by atoms with Crippen LogP contribution in [-0.2, 0) is 9.59 Å². The van der Waals surface area contributed by atoms with Gasteiger partial charge in [0.25, 0.3) is 5.91 Å². The van der Waals surface area contributed by atoms with E-state index in [0.717, 1.165) is 5.56 Å². The van der Waals surface area contributed by atoms with Gasteiger partial charge in [0.1, 0.15) is 23.7 Å². The molecule has 0 aliphatic carbocycles. The number of rotatable bonds is 5. The highest BCUT2D eigenvalue weighted by atomic mass is 35.5. The van der Waals surface area contributed by atoms with Gasteiger partial charge in [-0.3, -0.25) is 14.2 Å². The molecule has 2 heterocycles. The monoisotopic (exact) mass is 414 g/mol. The van der Waals surface area contributed by atoms with Crippen molar-refractivity contribution >= 4 is 29.2 Å². The molecule has 148 valence electrons. The Morgan fingerprint density at radius 1 is 1.34 bits per heavy atom. The van der Waals surface area contributed by atoms with E-state index in [2.05, 4.69) is 10.3 Å². The molecule has 0 spiro atoms. The SMILES string of the molecule is NC(=O)COc1cccc([C@H]2CC(=O)Nc3c2ncn3-c2ccc(F)c(Cl)c2)c1. The number of hydrogen-bond acceptors (Lipinski definition) is 4. The van der Waals surface area contributed by atoms with Gasteiger partial charge in [0.2, 0.25) is 5.91 Å². The van der Waals surface area contributed by atoms with Gasteiger partial charge < -0.3 is 15.8 Å². The lowest BCUT2D eigenvalue weighted by Crippen LogP contribution is -2.25. The zero-order chi connectivity index (χ0) is 20.5. The quantitative estimate of drug-likeness (QED) is 0.670. The summed E-state index contributed by atoms with van der Waals surface area (Å²) in [6.45, 7) is -0.236. The molecule has 4 rings (SSSR count). The van der Waals surface area contributed by atoms with E-state index >= 15 is 0 Å². The first kappa shape index (κ1) is 18.9. The molecule has 0 unspecified atom stereocenters. The number of fused-ring (bicyclic) bond motifs is 1. The molecule has 7 nitrogen and oxygen atoms in total. The first-order valence-corrected chi connectivity index (χ1v) is 9.13. The maximum Gasteiger partial charge on any atom is 0.255 e. The minimum atomic E-state index is -0.577. The number of imidazole rings is 1. The molecule has 2 amide bonds. The zero-order valence-corrected chi connectivity index (χ0v) is 15.8. The lowest BCUT2D eigenvalue weighted by atomic mass is 9.89. The Balaban J connectivity index is 1.71. The molecule has 1 aliphatic rings. The summed E-state index contributed by atoms with van der Waals surface area (Å²) in [5.74, 6) is -0.629. The molecule has 0 fully saturated rings. The molecule has 1 atom stereocenters. The molecule has 9 heteroatoms. The number of nitrogens with zero attached hydrogens (tertiary/aromatic N) is 2. The number of primary amides is 1. The molecule has 1 aliphatic heterocycles. The molecule has 0 bridgehead atoms. The fourth-order valence-electron chi connectivity index (χ4n) is 3.29. The maximum absolute atomic E-state index is 13.5. The first-order chi connectivity index (χ1) is 13.9. The average Bonchev–Trinajstić information content (AvgIpc) is 3.12. The number of nitrogens with two attached hydrogens (primary N) is 1. The Bertz CT molecular complexity index is 1110. The highest BCUT2D eigenvalue weighted by molar-refractivity contribution is 6.30. The molecular formula is C20H16ClFN4O3. The van der Waals surface area contributed by atoms with E-state index < -0.39 is 11.7 Å². The molecule has 2 aromatic carbocycles. The molecule has 0 saturated carbocycles. The summed E-state index contributed by atoms with van der Waals surface area (Å²) in [7, 11) is 0. The summed E-state index contributed by atoms with van der Waals surface area (Å²) < 4.78 is 20.5. The van der Waals surface area contributed by atoms with Crippen molar-refractivity contribution < 1.29 is 18.7 Å². The number of amides is 2. The Labute approximate surface area is 170 Å². The lowest BCUT2D eigenvalue weighted by Gasteiger charge is -2.23. The Kier molecular flexibility index (Phi) is 4.94. The van der Waals surface area contributed by atoms with Crippen molar-refractivity contribution in [2.75, 3.05) is 11.9 Å². The van der Waals surface area contributed by atoms with E-state index in [1.54, 1.807) is 35.2 Å². The van der Waals surface area contributed by atoms with Gasteiger partial charge >= 0.3 is 0 Å². The largest absolute Gasteiger partial charge is 0.484 e. The summed E-state index contributed by atoms with van der Waals surface area (Å²) in [4.78, 5) is 27.8. The van der Waals surface area contributed by atoms with Crippen LogP contribution in [0.4, 0.5) is 10.2 Å². The van der Waals surface area contributed by atoms with E-state index in [0.29, 0.717) is 22.9 Å². The van der Waals surface area contributed by atoms with Crippen LogP contribution in [0.3, 0.4) is 0 Å². The van der Waals surface area contributed by atoms with Gasteiger partial charge in [-0.2, -0.15) is 0 Å². The second-order valence-corrected chi connectivity index (χ2v) is 6.99. The number of anilines is 1. The molecule has 0 saturated heterocycles. The Morgan fingerprint density at radius 3 is 2.93 bits per heavy atom. The number of hydrogen-bond donors (Lipinski definition) is 2. The minimum absolute atomic E-state index is 0.0251. The normalized spacial score (nSPS) is 15.5. The maximum atomic E-state index is 13.5. The van der Waals surface area contributed by atoms with Gasteiger partial charge in [0.15, 0.2) is 6.61 Å². The van der Waals surface area contributed by atoms with Crippen LogP contribution in [-0.4, -0.2) is 28.0 Å². The summed E-state index contributed by atoms with van der Waals surface area (Å²) in [5, 5.41) is 2.80. The van der Waals surface area contributed by atoms with Gasteiger partial charge in [0, 0.05) is 12.3 Å². The summed E-state index contributed by atoms with van der Waals surface area (Å²) >= 11 is 5.89. The second kappa shape index (κ2) is 7.56. The van der Waals surface area contributed by atoms with Crippen molar-refractivity contribution in [3.63, 3.8) is 0 Å². The number of halogens is 2. The highest BCUT2D eigenvalue weighted by Crippen LogP contribution is 2.38. The van der Waals surface area contributed by atoms with E-state index in [9.17, 15) is 14.0 Å². The van der Waals surface area contributed by atoms with Crippen molar-refractivity contribution in [2.45, 2.75) is 12.3 Å². The minimum Gasteiger partial charge on any atom is -0.484 e. The van der Waals surface area contributed by atoms with Crippen LogP contribution in [0.2, 0.25) is 5.02 Å². The van der Waals surface area contributed by atoms with Gasteiger partial charge in [0.05, 0.1) is 16.4 Å². The van der Waals surface area contributed by atoms with E-state index in [1.165, 1.54) is 12.1 Å². The standard InChI is InChI=1S/C20H16ClFN4O3/c21-15-7-12(4-5-16(15)22)26-10-24-19-14(8-18(28)25-20(19)26)11-2-1-3-13(6-11)29-9-17(23)27/h1-7,10,14H,8-9H2,(H2,23,27)(H,25,28)/t14-/m1/s1. The van der Waals surface area contributed by atoms with Crippen LogP contribution in [0, 0.1) is 5.82 Å². The van der Waals surface area contributed by atoms with Crippen LogP contribution in [0.15, 0.2) is 48.8 Å². The Hall–Kier alpha value is -3.39. The van der Waals surface area contributed by atoms with Crippen molar-refractivity contribution in [3.05, 3.63) is 70.9 Å². The summed E-state index contributed by atoms with van der Waals surface area (Å²) in [5.41, 5.74) is 7.17. The number of carbonyl (C=O) groups is 2. The van der Waals surface area contributed by atoms with Crippen LogP contribution in [0.1, 0.15) is 23.6 Å². The van der Waals surface area contributed by atoms with E-state index in [4.69, 9.17) is 22.1 Å². The van der Waals surface area contributed by atoms with Crippen LogP contribution in [0.5, 0.6) is 5.75 Å². The fraction of sp³-hybridized carbons (Fsp3) is 0.150. The lowest BCUT2D eigenvalue weighted by molar-refractivity contribution is -0.120. The topological polar surface area (TPSA) is 99.2 Å². The number of aromatic nitrogens is 2. The van der Waals surface area contributed by atoms with Crippen molar-refractivity contribution in [1.29, 1.82) is 0 Å². The smallest absolute Gasteiger partial charge is 0.255 e. The van der Waals surface area contributed by atoms with E-state index in [-0.39, 0.29) is 29.9 Å². The highest BCUT2D eigenvalue weighted by Gasteiger charge is 2.31. The van der Waals surface area contributed by atoms with Crippen molar-refractivity contribution in [2.24, 2.45) is 5.73 Å². The van der Waals surface area contributed by atoms with Crippen LogP contribution < -0.4 is 15.8 Å². The third-order valence-electron chi connectivity index (χ3n) is 4.60. The van der Waals surface area contributed by atoms with E-state index in [1.807, 2.05) is 6.07 Å². The predicted molar refractivity (Wildman–Crippen MR) is 105 cm³/mol. The Morgan fingerprint density at radius 2 is 2.17 bits per heavy atom. The van der Waals surface area contributed by atoms with Gasteiger partial charge in [-0.15, -0.1) is 0 Å². The average molecular weight is 415 g/mol. The second-order valence-electron chi connectivity index (χ2n) is 6.58. The van der Waals surface area contributed by atoms with Crippen LogP contribution >= 0.6 is 11.6 Å². The molecule has 1 aromatic heterocycles. The van der Waals surface area contributed by atoms with Crippen molar-refractivity contribution in [3.8, 4) is 11.4 Å². The zero-order valence-electron chi connectivity index (χ0n) is 15.1. The molecule has 3 aromatic rings. The fourth-order valence-corrected chi connectivity index (χ4v) is 3.46. The molecule has 3 N–H and O–H groups in total. The third kappa shape index (κ3) is 3.79. The van der Waals surface area contributed by atoms with Gasteiger partial charge in [-0.1, -0.05) is 23.7 Å². The predicted octanol–water partition coefficient (Wildman–Crippen LogP) is 3.00. The number of carbonyl (C=O) groups excluding carboxylic acids is 2. The van der Waals surface area contributed by atoms with Crippen molar-refractivity contribution in [1.82, 2.24) is 9.55 Å². The molecular weight excluding hydrogens is 399 g/mol. The third-order valence-corrected chi connectivity index (χ3v) is 4.89.